The number of ether oxygens (including phenoxy) is 4. The van der Waals surface area contributed by atoms with Crippen molar-refractivity contribution in [1.29, 1.82) is 0 Å². The van der Waals surface area contributed by atoms with Gasteiger partial charge in [0.15, 0.2) is 0 Å². The van der Waals surface area contributed by atoms with E-state index in [2.05, 4.69) is 26.9 Å². The number of rotatable bonds is 12. The van der Waals surface area contributed by atoms with Crippen molar-refractivity contribution >= 4 is 44.6 Å². The highest BCUT2D eigenvalue weighted by Crippen LogP contribution is 2.45. The molecule has 0 bridgehead atoms. The van der Waals surface area contributed by atoms with E-state index in [-0.39, 0.29) is 31.9 Å². The maximum Gasteiger partial charge on any atom is 0.408 e. The molecule has 6 atom stereocenters. The van der Waals surface area contributed by atoms with Gasteiger partial charge in [-0.3, -0.25) is 19.1 Å². The van der Waals surface area contributed by atoms with Crippen molar-refractivity contribution in [1.82, 2.24) is 25.2 Å². The van der Waals surface area contributed by atoms with Gasteiger partial charge >= 0.3 is 6.09 Å². The van der Waals surface area contributed by atoms with Gasteiger partial charge in [0.1, 0.15) is 35.6 Å². The minimum absolute atomic E-state index is 0.0172. The van der Waals surface area contributed by atoms with Crippen molar-refractivity contribution in [2.45, 2.75) is 88.0 Å². The third kappa shape index (κ3) is 7.76. The first-order chi connectivity index (χ1) is 24.1. The van der Waals surface area contributed by atoms with Crippen molar-refractivity contribution in [3.8, 4) is 11.6 Å². The lowest BCUT2D eigenvalue weighted by Crippen LogP contribution is -2.60. The molecule has 6 rings (SSSR count). The molecule has 51 heavy (non-hydrogen) atoms. The number of carbonyl (C=O) groups excluding carboxylic acids is 4. The molecule has 15 nitrogen and oxygen atoms in total. The molecule has 2 aliphatic carbocycles. The molecule has 0 unspecified atom stereocenters. The predicted octanol–water partition coefficient (Wildman–Crippen LogP) is 2.19. The van der Waals surface area contributed by atoms with Crippen LogP contribution in [0.15, 0.2) is 43.1 Å². The van der Waals surface area contributed by atoms with Crippen molar-refractivity contribution in [3.63, 3.8) is 0 Å². The number of pyridine rings is 1. The number of likely N-dealkylation sites (tertiary alicyclic amines) is 1. The predicted molar refractivity (Wildman–Crippen MR) is 184 cm³/mol. The summed E-state index contributed by atoms with van der Waals surface area (Å²) in [6.07, 6.45) is 2.73. The van der Waals surface area contributed by atoms with Crippen LogP contribution in [0.4, 0.5) is 4.79 Å². The van der Waals surface area contributed by atoms with Gasteiger partial charge in [-0.15, -0.1) is 6.58 Å². The smallest absolute Gasteiger partial charge is 0.408 e. The highest BCUT2D eigenvalue weighted by atomic mass is 32.2. The van der Waals surface area contributed by atoms with E-state index < -0.39 is 80.3 Å². The lowest BCUT2D eigenvalue weighted by atomic mass is 9.85. The molecule has 1 aromatic carbocycles. The van der Waals surface area contributed by atoms with Crippen LogP contribution < -0.4 is 24.8 Å². The average molecular weight is 728 g/mol. The Morgan fingerprint density at radius 3 is 2.53 bits per heavy atom. The molecule has 2 saturated heterocycles. The average Bonchev–Trinajstić information content (AvgIpc) is 3.96. The van der Waals surface area contributed by atoms with Crippen LogP contribution in [0.3, 0.4) is 0 Å². The van der Waals surface area contributed by atoms with Gasteiger partial charge in [0.2, 0.25) is 27.7 Å². The fourth-order valence-electron chi connectivity index (χ4n) is 6.62. The number of nitrogens with zero attached hydrogens (tertiary/aromatic N) is 2. The van der Waals surface area contributed by atoms with Crippen LogP contribution >= 0.6 is 0 Å². The van der Waals surface area contributed by atoms with Crippen LogP contribution in [0.5, 0.6) is 11.6 Å². The summed E-state index contributed by atoms with van der Waals surface area (Å²) in [5, 5.41) is 6.34. The highest BCUT2D eigenvalue weighted by Gasteiger charge is 2.62. The summed E-state index contributed by atoms with van der Waals surface area (Å²) in [6.45, 7) is 9.76. The number of amides is 4. The molecule has 2 saturated carbocycles. The van der Waals surface area contributed by atoms with Crippen LogP contribution in [0.2, 0.25) is 0 Å². The first-order valence-corrected chi connectivity index (χ1v) is 18.6. The third-order valence-electron chi connectivity index (χ3n) is 9.85. The number of carbonyl (C=O) groups is 4. The van der Waals surface area contributed by atoms with Gasteiger partial charge in [0, 0.05) is 30.3 Å². The minimum Gasteiger partial charge on any atom is -0.497 e. The van der Waals surface area contributed by atoms with Crippen molar-refractivity contribution in [2.75, 3.05) is 26.9 Å². The minimum atomic E-state index is -3.90. The van der Waals surface area contributed by atoms with E-state index in [1.807, 2.05) is 6.07 Å². The maximum absolute atomic E-state index is 14.5. The van der Waals surface area contributed by atoms with Gasteiger partial charge in [-0.25, -0.2) is 18.2 Å². The largest absolute Gasteiger partial charge is 0.497 e. The number of aromatic nitrogens is 1. The summed E-state index contributed by atoms with van der Waals surface area (Å²) >= 11 is 0. The van der Waals surface area contributed by atoms with Crippen LogP contribution in [0.1, 0.15) is 52.9 Å². The number of hydrogen-bond donors (Lipinski definition) is 3. The summed E-state index contributed by atoms with van der Waals surface area (Å²) in [5.41, 5.74) is -2.37. The zero-order valence-corrected chi connectivity index (χ0v) is 30.0. The molecule has 0 spiro atoms. The highest BCUT2D eigenvalue weighted by molar-refractivity contribution is 7.91. The lowest BCUT2D eigenvalue weighted by Gasteiger charge is -2.35. The van der Waals surface area contributed by atoms with E-state index in [9.17, 15) is 27.6 Å². The van der Waals surface area contributed by atoms with E-state index >= 15 is 0 Å². The number of methoxy groups -OCH3 is 1. The van der Waals surface area contributed by atoms with Gasteiger partial charge in [-0.2, -0.15) is 0 Å². The normalized spacial score (nSPS) is 26.5. The number of fused-ring (bicyclic) bond motifs is 1. The van der Waals surface area contributed by atoms with Gasteiger partial charge in [0.05, 0.1) is 32.1 Å². The number of nitrogens with one attached hydrogen (secondary N) is 3. The topological polar surface area (TPSA) is 192 Å². The van der Waals surface area contributed by atoms with Crippen LogP contribution in [-0.2, 0) is 33.9 Å². The molecule has 1 aromatic heterocycles. The first kappa shape index (κ1) is 36.4. The summed E-state index contributed by atoms with van der Waals surface area (Å²) in [5.74, 6) is -1.67. The number of alkyl carbamates (subject to hydrolysis) is 1. The Kier molecular flexibility index (Phi) is 9.94. The van der Waals surface area contributed by atoms with E-state index in [1.165, 1.54) is 11.0 Å². The molecule has 2 aromatic rings. The fraction of sp³-hybridized carbons (Fsp3) is 0.571. The summed E-state index contributed by atoms with van der Waals surface area (Å²) in [6, 6.07) is 4.95. The van der Waals surface area contributed by atoms with Gasteiger partial charge in [-0.05, 0) is 54.3 Å². The molecule has 3 N–H and O–H groups in total. The van der Waals surface area contributed by atoms with Crippen molar-refractivity contribution in [3.05, 3.63) is 43.1 Å². The molecule has 4 fully saturated rings. The van der Waals surface area contributed by atoms with Gasteiger partial charge < -0.3 is 34.5 Å². The van der Waals surface area contributed by atoms with Crippen molar-refractivity contribution in [2.24, 2.45) is 11.3 Å². The van der Waals surface area contributed by atoms with Crippen LogP contribution in [-0.4, -0.2) is 104 Å². The monoisotopic (exact) mass is 727 g/mol. The Hall–Kier alpha value is -4.44. The van der Waals surface area contributed by atoms with Crippen LogP contribution in [0, 0.1) is 11.3 Å². The fourth-order valence-corrected chi connectivity index (χ4v) is 7.99. The number of hydrogen-bond acceptors (Lipinski definition) is 11. The molecule has 0 radical (unpaired) electrons. The molecule has 2 aliphatic heterocycles. The Morgan fingerprint density at radius 1 is 1.14 bits per heavy atom. The molecule has 4 amide bonds. The molecular formula is C35H45N5O10S. The van der Waals surface area contributed by atoms with Gasteiger partial charge in [-0.1, -0.05) is 26.8 Å². The number of sulfonamides is 1. The second-order valence-corrected chi connectivity index (χ2v) is 16.7. The Labute approximate surface area is 296 Å². The van der Waals surface area contributed by atoms with E-state index in [1.54, 1.807) is 52.3 Å². The molecule has 3 heterocycles. The van der Waals surface area contributed by atoms with Crippen molar-refractivity contribution < 1.29 is 46.5 Å². The standard InChI is InChI=1S/C35H45N5O10S/c1-6-21-17-35(21,32(43)39-51(45,46)25-8-9-25)38-29(41)27-16-24(49-30-26-10-7-22(47-5)15-20(26)11-13-36-30)18-40(27)31(42)28(34(2,3)4)37-33(44)50-23-12-14-48-19-23/h6-7,10-11,13,15,21,23-25,27-28H,1,8-9,12,14,16-19H2,2-5H3,(H,37,44)(H,38,41)(H,39,43)/t21-,23-,24+,27-,28+,35-/m0/s1. The SMILES string of the molecule is C=C[C@H]1C[C@@]1(NC(=O)[C@@H]1C[C@@H](Oc2nccc3cc(OC)ccc23)CN1C(=O)[C@@H](NC(=O)O[C@H]1CCOC1)C(C)(C)C)C(=O)NS(=O)(=O)C1CC1. The second-order valence-electron chi connectivity index (χ2n) is 14.7. The molecular weight excluding hydrogens is 682 g/mol. The van der Waals surface area contributed by atoms with E-state index in [0.717, 1.165) is 5.39 Å². The quantitative estimate of drug-likeness (QED) is 0.272. The lowest BCUT2D eigenvalue weighted by molar-refractivity contribution is -0.143. The zero-order chi connectivity index (χ0) is 36.7. The Morgan fingerprint density at radius 2 is 1.90 bits per heavy atom. The zero-order valence-electron chi connectivity index (χ0n) is 29.2. The third-order valence-corrected chi connectivity index (χ3v) is 11.7. The molecule has 276 valence electrons. The first-order valence-electron chi connectivity index (χ1n) is 17.1. The van der Waals surface area contributed by atoms with Gasteiger partial charge in [0.25, 0.3) is 5.91 Å². The Bertz CT molecular complexity index is 1820. The van der Waals surface area contributed by atoms with E-state index in [4.69, 9.17) is 18.9 Å². The second kappa shape index (κ2) is 13.9. The Balaban J connectivity index is 1.27. The summed E-state index contributed by atoms with van der Waals surface area (Å²) < 4.78 is 50.0. The van der Waals surface area contributed by atoms with E-state index in [0.29, 0.717) is 37.0 Å². The maximum atomic E-state index is 14.5. The summed E-state index contributed by atoms with van der Waals surface area (Å²) in [7, 11) is -2.33. The van der Waals surface area contributed by atoms with Crippen LogP contribution in [0.25, 0.3) is 10.8 Å². The molecule has 16 heteroatoms. The molecule has 4 aliphatic rings. The number of benzene rings is 1. The summed E-state index contributed by atoms with van der Waals surface area (Å²) in [4.78, 5) is 60.9.